The van der Waals surface area contributed by atoms with Gasteiger partial charge in [0, 0.05) is 30.3 Å². The van der Waals surface area contributed by atoms with E-state index in [-0.39, 0.29) is 17.9 Å². The summed E-state index contributed by atoms with van der Waals surface area (Å²) in [6.45, 7) is 0.645. The number of fused-ring (bicyclic) bond motifs is 2. The van der Waals surface area contributed by atoms with Crippen molar-refractivity contribution >= 4 is 5.82 Å². The fourth-order valence-electron chi connectivity index (χ4n) is 4.67. The summed E-state index contributed by atoms with van der Waals surface area (Å²) < 4.78 is 52.0. The third-order valence-corrected chi connectivity index (χ3v) is 6.02. The molecule has 0 radical (unpaired) electrons. The van der Waals surface area contributed by atoms with Gasteiger partial charge in [-0.15, -0.1) is 0 Å². The molecule has 1 aliphatic carbocycles. The first-order valence-corrected chi connectivity index (χ1v) is 10.1. The van der Waals surface area contributed by atoms with Crippen molar-refractivity contribution in [3.8, 4) is 5.69 Å². The highest BCUT2D eigenvalue weighted by Crippen LogP contribution is 2.43. The summed E-state index contributed by atoms with van der Waals surface area (Å²) >= 11 is 0. The highest BCUT2D eigenvalue weighted by molar-refractivity contribution is 5.42. The van der Waals surface area contributed by atoms with Crippen LogP contribution in [0.25, 0.3) is 5.69 Å². The molecular weight excluding hydrogens is 430 g/mol. The summed E-state index contributed by atoms with van der Waals surface area (Å²) in [5, 5.41) is 22.4. The number of nitrogens with zero attached hydrogens (tertiary/aromatic N) is 6. The Kier molecular flexibility index (Phi) is 5.05. The minimum atomic E-state index is -4.55. The van der Waals surface area contributed by atoms with Gasteiger partial charge in [-0.1, -0.05) is 0 Å². The van der Waals surface area contributed by atoms with Crippen LogP contribution < -0.4 is 5.32 Å². The lowest BCUT2D eigenvalue weighted by molar-refractivity contribution is -0.141. The van der Waals surface area contributed by atoms with Gasteiger partial charge in [0.1, 0.15) is 17.9 Å². The first-order chi connectivity index (χ1) is 15.3. The number of hydrogen-bond donors (Lipinski definition) is 2. The quantitative estimate of drug-likeness (QED) is 0.579. The van der Waals surface area contributed by atoms with E-state index in [0.29, 0.717) is 29.9 Å². The predicted molar refractivity (Wildman–Crippen MR) is 104 cm³/mol. The molecule has 1 saturated carbocycles. The van der Waals surface area contributed by atoms with Gasteiger partial charge >= 0.3 is 6.18 Å². The molecule has 2 N–H and O–H groups in total. The molecule has 1 aliphatic heterocycles. The highest BCUT2D eigenvalue weighted by Gasteiger charge is 2.48. The van der Waals surface area contributed by atoms with Crippen LogP contribution in [0.1, 0.15) is 30.3 Å². The van der Waals surface area contributed by atoms with Gasteiger partial charge in [0.15, 0.2) is 5.69 Å². The van der Waals surface area contributed by atoms with E-state index in [1.807, 2.05) is 4.90 Å². The molecule has 0 amide bonds. The van der Waals surface area contributed by atoms with Crippen molar-refractivity contribution in [3.05, 3.63) is 60.1 Å². The standard InChI is InChI=1S/C20H19F4N7O/c21-12-1-2-13(15(7-12)31-27-3-4-28-31)19(32)30-10-11-5-14(16(30)6-11)29-18-9-25-17(8-26-18)20(22,23)24/h1-4,7-9,11,14,16,19,32H,5-6,10H2,(H,26,29). The Labute approximate surface area is 179 Å². The molecule has 8 nitrogen and oxygen atoms in total. The number of hydrogen-bond acceptors (Lipinski definition) is 7. The number of anilines is 1. The normalized spacial score (nSPS) is 24.1. The number of aliphatic hydroxyl groups is 1. The van der Waals surface area contributed by atoms with Crippen molar-refractivity contribution in [2.75, 3.05) is 11.9 Å². The molecule has 0 spiro atoms. The Hall–Kier alpha value is -3.12. The van der Waals surface area contributed by atoms with Gasteiger partial charge in [-0.05, 0) is 30.9 Å². The zero-order valence-corrected chi connectivity index (χ0v) is 16.6. The van der Waals surface area contributed by atoms with E-state index in [9.17, 15) is 22.7 Å². The fraction of sp³-hybridized carbons (Fsp3) is 0.400. The summed E-state index contributed by atoms with van der Waals surface area (Å²) in [4.78, 5) is 10.4. The van der Waals surface area contributed by atoms with Crippen LogP contribution in [0.2, 0.25) is 0 Å². The predicted octanol–water partition coefficient (Wildman–Crippen LogP) is 2.78. The molecule has 32 heavy (non-hydrogen) atoms. The molecule has 12 heteroatoms. The third kappa shape index (κ3) is 3.79. The monoisotopic (exact) mass is 449 g/mol. The summed E-state index contributed by atoms with van der Waals surface area (Å²) in [7, 11) is 0. The van der Waals surface area contributed by atoms with Crippen LogP contribution in [-0.2, 0) is 6.18 Å². The van der Waals surface area contributed by atoms with Crippen molar-refractivity contribution in [2.24, 2.45) is 5.92 Å². The topological polar surface area (TPSA) is 92.0 Å². The molecule has 168 valence electrons. The van der Waals surface area contributed by atoms with Crippen LogP contribution in [0.3, 0.4) is 0 Å². The molecule has 2 aromatic heterocycles. The Morgan fingerprint density at radius 1 is 1.09 bits per heavy atom. The van der Waals surface area contributed by atoms with Crippen molar-refractivity contribution in [1.29, 1.82) is 0 Å². The Morgan fingerprint density at radius 3 is 2.53 bits per heavy atom. The van der Waals surface area contributed by atoms with E-state index in [1.54, 1.807) is 0 Å². The largest absolute Gasteiger partial charge is 0.434 e. The van der Waals surface area contributed by atoms with Gasteiger partial charge in [-0.25, -0.2) is 14.4 Å². The number of rotatable bonds is 5. The van der Waals surface area contributed by atoms with E-state index in [2.05, 4.69) is 25.5 Å². The zero-order valence-electron chi connectivity index (χ0n) is 16.6. The number of halogens is 4. The second-order valence-electron chi connectivity index (χ2n) is 8.03. The Balaban J connectivity index is 1.35. The van der Waals surface area contributed by atoms with E-state index in [4.69, 9.17) is 0 Å². The average Bonchev–Trinajstić information content (AvgIpc) is 3.50. The maximum atomic E-state index is 13.9. The third-order valence-electron chi connectivity index (χ3n) is 6.02. The number of aromatic nitrogens is 5. The molecule has 4 unspecified atom stereocenters. The second-order valence-corrected chi connectivity index (χ2v) is 8.03. The van der Waals surface area contributed by atoms with Crippen LogP contribution in [0.4, 0.5) is 23.4 Å². The SMILES string of the molecule is OC(c1ccc(F)cc1-n1nccn1)N1CC2CC(Nc3cnc(C(F)(F)F)cn3)C1C2. The van der Waals surface area contributed by atoms with Gasteiger partial charge in [-0.2, -0.15) is 28.2 Å². The Bertz CT molecular complexity index is 1090. The number of nitrogens with one attached hydrogen (secondary N) is 1. The molecule has 2 fully saturated rings. The maximum absolute atomic E-state index is 13.9. The Morgan fingerprint density at radius 2 is 1.88 bits per heavy atom. The molecule has 2 aliphatic rings. The van der Waals surface area contributed by atoms with Gasteiger partial charge in [0.25, 0.3) is 0 Å². The lowest BCUT2D eigenvalue weighted by Gasteiger charge is -2.37. The minimum absolute atomic E-state index is 0.0809. The molecule has 3 heterocycles. The second kappa shape index (κ2) is 7.78. The van der Waals surface area contributed by atoms with Crippen LogP contribution in [-0.4, -0.2) is 53.6 Å². The maximum Gasteiger partial charge on any atom is 0.434 e. The van der Waals surface area contributed by atoms with Crippen LogP contribution in [0, 0.1) is 11.7 Å². The van der Waals surface area contributed by atoms with Gasteiger partial charge in [-0.3, -0.25) is 4.90 Å². The fourth-order valence-corrected chi connectivity index (χ4v) is 4.67. The summed E-state index contributed by atoms with van der Waals surface area (Å²) in [5.41, 5.74) is -0.254. The number of likely N-dealkylation sites (tertiary alicyclic amines) is 1. The van der Waals surface area contributed by atoms with Crippen LogP contribution >= 0.6 is 0 Å². The summed E-state index contributed by atoms with van der Waals surface area (Å²) in [6.07, 6.45) is 0.728. The minimum Gasteiger partial charge on any atom is -0.374 e. The molecule has 3 aromatic rings. The van der Waals surface area contributed by atoms with Gasteiger partial charge in [0.05, 0.1) is 30.5 Å². The van der Waals surface area contributed by atoms with Crippen molar-refractivity contribution in [1.82, 2.24) is 29.9 Å². The van der Waals surface area contributed by atoms with E-state index < -0.39 is 23.9 Å². The van der Waals surface area contributed by atoms with E-state index >= 15 is 0 Å². The van der Waals surface area contributed by atoms with Crippen LogP contribution in [0.5, 0.6) is 0 Å². The summed E-state index contributed by atoms with van der Waals surface area (Å²) in [5.74, 6) is 0.0751. The van der Waals surface area contributed by atoms with E-state index in [1.165, 1.54) is 35.4 Å². The van der Waals surface area contributed by atoms with Crippen molar-refractivity contribution in [3.63, 3.8) is 0 Å². The van der Waals surface area contributed by atoms with Crippen molar-refractivity contribution < 1.29 is 22.7 Å². The number of alkyl halides is 3. The molecule has 1 saturated heterocycles. The van der Waals surface area contributed by atoms with Crippen LogP contribution in [0.15, 0.2) is 43.0 Å². The molecule has 4 atom stereocenters. The lowest BCUT2D eigenvalue weighted by atomic mass is 10.0. The molecule has 5 rings (SSSR count). The van der Waals surface area contributed by atoms with Gasteiger partial charge < -0.3 is 10.4 Å². The first-order valence-electron chi connectivity index (χ1n) is 10.1. The number of benzene rings is 1. The van der Waals surface area contributed by atoms with Crippen molar-refractivity contribution in [2.45, 2.75) is 37.3 Å². The summed E-state index contributed by atoms with van der Waals surface area (Å²) in [6, 6.07) is 3.84. The smallest absolute Gasteiger partial charge is 0.374 e. The highest BCUT2D eigenvalue weighted by atomic mass is 19.4. The van der Waals surface area contributed by atoms with Gasteiger partial charge in [0.2, 0.25) is 0 Å². The van der Waals surface area contributed by atoms with E-state index in [0.717, 1.165) is 19.0 Å². The molecule has 2 bridgehead atoms. The zero-order chi connectivity index (χ0) is 22.5. The lowest BCUT2D eigenvalue weighted by Crippen LogP contribution is -2.46. The molecular formula is C20H19F4N7O. The first kappa shape index (κ1) is 20.8. The number of aliphatic hydroxyl groups excluding tert-OH is 1. The average molecular weight is 449 g/mol. The number of piperidine rings is 1. The molecule has 1 aromatic carbocycles.